The van der Waals surface area contributed by atoms with Crippen LogP contribution in [0.25, 0.3) is 0 Å². The monoisotopic (exact) mass is 472 g/mol. The van der Waals surface area contributed by atoms with E-state index in [-0.39, 0.29) is 44.0 Å². The molecule has 1 spiro atoms. The van der Waals surface area contributed by atoms with Gasteiger partial charge in [0.05, 0.1) is 24.9 Å². The predicted molar refractivity (Wildman–Crippen MR) is 128 cm³/mol. The van der Waals surface area contributed by atoms with Gasteiger partial charge in [-0.1, -0.05) is 43.7 Å². The lowest BCUT2D eigenvalue weighted by atomic mass is 9.71. The second-order valence-corrected chi connectivity index (χ2v) is 11.0. The van der Waals surface area contributed by atoms with E-state index in [1.165, 1.54) is 0 Å². The van der Waals surface area contributed by atoms with Gasteiger partial charge in [-0.3, -0.25) is 9.59 Å². The first-order valence-electron chi connectivity index (χ1n) is 12.9. The molecule has 0 aromatic heterocycles. The van der Waals surface area contributed by atoms with E-state index >= 15 is 0 Å². The van der Waals surface area contributed by atoms with Crippen LogP contribution in [0.3, 0.4) is 0 Å². The van der Waals surface area contributed by atoms with Crippen molar-refractivity contribution in [2.24, 2.45) is 23.2 Å². The third-order valence-electron chi connectivity index (χ3n) is 8.16. The average Bonchev–Trinajstić information content (AvgIpc) is 3.08. The molecule has 0 N–H and O–H groups in total. The van der Waals surface area contributed by atoms with Crippen molar-refractivity contribution in [3.8, 4) is 0 Å². The topological polar surface area (TPSA) is 71.1 Å². The Hall–Kier alpha value is -1.92. The number of fused-ring (bicyclic) bond motifs is 1. The summed E-state index contributed by atoms with van der Waals surface area (Å²) in [5, 5.41) is 0. The highest BCUT2D eigenvalue weighted by Gasteiger charge is 2.68. The molecular formula is C28H40O6. The largest absolute Gasteiger partial charge is 0.465 e. The van der Waals surface area contributed by atoms with Gasteiger partial charge in [0.2, 0.25) is 0 Å². The summed E-state index contributed by atoms with van der Waals surface area (Å²) in [6, 6.07) is 10.1. The van der Waals surface area contributed by atoms with E-state index in [1.54, 1.807) is 13.8 Å². The minimum absolute atomic E-state index is 0.0333. The minimum Gasteiger partial charge on any atom is -0.465 e. The van der Waals surface area contributed by atoms with Crippen LogP contribution in [0.2, 0.25) is 0 Å². The number of carbonyl (C=O) groups is 2. The first kappa shape index (κ1) is 25.2. The van der Waals surface area contributed by atoms with Gasteiger partial charge in [-0.15, -0.1) is 0 Å². The zero-order valence-corrected chi connectivity index (χ0v) is 21.3. The highest BCUT2D eigenvalue weighted by Crippen LogP contribution is 2.59. The smallest absolute Gasteiger partial charge is 0.323 e. The zero-order valence-electron chi connectivity index (χ0n) is 21.3. The lowest BCUT2D eigenvalue weighted by molar-refractivity contribution is -0.383. The molecule has 0 bridgehead atoms. The lowest BCUT2D eigenvalue weighted by Gasteiger charge is -2.56. The molecule has 4 rings (SSSR count). The van der Waals surface area contributed by atoms with Crippen LogP contribution in [-0.4, -0.2) is 42.6 Å². The van der Waals surface area contributed by atoms with Gasteiger partial charge in [0.15, 0.2) is 11.2 Å². The van der Waals surface area contributed by atoms with E-state index < -0.39 is 28.7 Å². The van der Waals surface area contributed by atoms with Gasteiger partial charge in [-0.2, -0.15) is 0 Å². The number of rotatable bonds is 6. The van der Waals surface area contributed by atoms with Crippen LogP contribution in [0.15, 0.2) is 30.3 Å². The third-order valence-corrected chi connectivity index (χ3v) is 8.16. The molecule has 0 amide bonds. The lowest BCUT2D eigenvalue weighted by Crippen LogP contribution is -2.61. The molecule has 2 saturated carbocycles. The Kier molecular flexibility index (Phi) is 7.12. The Morgan fingerprint density at radius 3 is 2.29 bits per heavy atom. The highest BCUT2D eigenvalue weighted by molar-refractivity contribution is 6.00. The molecule has 1 aromatic carbocycles. The van der Waals surface area contributed by atoms with Crippen molar-refractivity contribution in [3.63, 3.8) is 0 Å². The molecule has 34 heavy (non-hydrogen) atoms. The maximum absolute atomic E-state index is 13.4. The second kappa shape index (κ2) is 9.62. The second-order valence-electron chi connectivity index (χ2n) is 11.0. The molecule has 3 fully saturated rings. The fraction of sp³-hybridized carbons (Fsp3) is 0.714. The Labute approximate surface area is 203 Å². The van der Waals surface area contributed by atoms with E-state index in [1.807, 2.05) is 18.2 Å². The summed E-state index contributed by atoms with van der Waals surface area (Å²) in [5.41, 5.74) is -0.744. The maximum Gasteiger partial charge on any atom is 0.323 e. The average molecular weight is 473 g/mol. The number of carbonyl (C=O) groups excluding carboxylic acids is 2. The summed E-state index contributed by atoms with van der Waals surface area (Å²) in [5.74, 6) is -1.47. The van der Waals surface area contributed by atoms with Gasteiger partial charge in [0, 0.05) is 18.3 Å². The van der Waals surface area contributed by atoms with Crippen LogP contribution in [0.1, 0.15) is 72.3 Å². The van der Waals surface area contributed by atoms with Crippen LogP contribution in [0.4, 0.5) is 0 Å². The van der Waals surface area contributed by atoms with Crippen molar-refractivity contribution in [1.82, 2.24) is 0 Å². The van der Waals surface area contributed by atoms with E-state index in [0.29, 0.717) is 12.3 Å². The van der Waals surface area contributed by atoms with Gasteiger partial charge in [0.1, 0.15) is 0 Å². The maximum atomic E-state index is 13.4. The third kappa shape index (κ3) is 4.51. The van der Waals surface area contributed by atoms with Gasteiger partial charge in [-0.25, -0.2) is 0 Å². The molecule has 1 saturated heterocycles. The summed E-state index contributed by atoms with van der Waals surface area (Å²) in [6.07, 6.45) is 4.25. The van der Waals surface area contributed by atoms with Crippen LogP contribution in [0.5, 0.6) is 0 Å². The van der Waals surface area contributed by atoms with Crippen molar-refractivity contribution in [2.75, 3.05) is 13.2 Å². The number of ether oxygens (including phenoxy) is 4. The molecule has 6 heteroatoms. The number of hydrogen-bond donors (Lipinski definition) is 0. The summed E-state index contributed by atoms with van der Waals surface area (Å²) >= 11 is 0. The Morgan fingerprint density at radius 2 is 1.68 bits per heavy atom. The molecule has 0 unspecified atom stereocenters. The molecule has 6 nitrogen and oxygen atoms in total. The predicted octanol–water partition coefficient (Wildman–Crippen LogP) is 5.08. The minimum atomic E-state index is -1.44. The Balaban J connectivity index is 1.77. The quantitative estimate of drug-likeness (QED) is 0.425. The molecule has 0 radical (unpaired) electrons. The number of benzene rings is 1. The van der Waals surface area contributed by atoms with Crippen molar-refractivity contribution < 1.29 is 28.5 Å². The standard InChI is InChI=1S/C28H40O6/c1-6-31-24(29)27(25(30)32-7-2)17-21(16-20-11-9-8-10-12-20)28(18-27)33-23-15-19(3)13-14-22(23)26(4,5)34-28/h8-12,19,21-23H,6-7,13-18H2,1-5H3/t19-,21-,22-,23-,28+/m1/s1. The Morgan fingerprint density at radius 1 is 1.03 bits per heavy atom. The summed E-state index contributed by atoms with van der Waals surface area (Å²) < 4.78 is 24.7. The van der Waals surface area contributed by atoms with Gasteiger partial charge in [-0.05, 0) is 64.9 Å². The Bertz CT molecular complexity index is 862. The first-order valence-corrected chi connectivity index (χ1v) is 12.9. The van der Waals surface area contributed by atoms with Gasteiger partial charge >= 0.3 is 11.9 Å². The van der Waals surface area contributed by atoms with E-state index in [9.17, 15) is 9.59 Å². The van der Waals surface area contributed by atoms with Gasteiger partial charge < -0.3 is 18.9 Å². The molecule has 188 valence electrons. The molecule has 1 aliphatic heterocycles. The zero-order chi connectivity index (χ0) is 24.6. The highest BCUT2D eigenvalue weighted by atomic mass is 16.7. The molecule has 3 aliphatic rings. The van der Waals surface area contributed by atoms with Crippen LogP contribution in [-0.2, 0) is 35.0 Å². The number of hydrogen-bond acceptors (Lipinski definition) is 6. The summed E-state index contributed by atoms with van der Waals surface area (Å²) in [6.45, 7) is 10.5. The van der Waals surface area contributed by atoms with Crippen molar-refractivity contribution in [3.05, 3.63) is 35.9 Å². The van der Waals surface area contributed by atoms with E-state index in [4.69, 9.17) is 18.9 Å². The first-order chi connectivity index (χ1) is 16.2. The molecule has 2 aliphatic carbocycles. The molecule has 5 atom stereocenters. The van der Waals surface area contributed by atoms with Crippen LogP contribution >= 0.6 is 0 Å². The van der Waals surface area contributed by atoms with Crippen LogP contribution < -0.4 is 0 Å². The van der Waals surface area contributed by atoms with Crippen molar-refractivity contribution in [2.45, 2.75) is 90.6 Å². The molecule has 1 aromatic rings. The fourth-order valence-corrected chi connectivity index (χ4v) is 6.59. The SMILES string of the molecule is CCOC(=O)C1(C(=O)OCC)C[C@@H](Cc2ccccc2)[C@@]2(C1)O[C@@H]1C[C@H](C)CC[C@H]1C(C)(C)O2. The van der Waals surface area contributed by atoms with Crippen LogP contribution in [0, 0.1) is 23.2 Å². The molecular weight excluding hydrogens is 432 g/mol. The van der Waals surface area contributed by atoms with E-state index in [0.717, 1.165) is 24.8 Å². The fourth-order valence-electron chi connectivity index (χ4n) is 6.59. The molecule has 1 heterocycles. The normalized spacial score (nSPS) is 33.8. The van der Waals surface area contributed by atoms with Crippen molar-refractivity contribution in [1.29, 1.82) is 0 Å². The summed E-state index contributed by atoms with van der Waals surface area (Å²) in [4.78, 5) is 26.7. The number of esters is 2. The van der Waals surface area contributed by atoms with E-state index in [2.05, 4.69) is 32.9 Å². The van der Waals surface area contributed by atoms with Gasteiger partial charge in [0.25, 0.3) is 0 Å². The van der Waals surface area contributed by atoms with Crippen molar-refractivity contribution >= 4 is 11.9 Å². The summed E-state index contributed by atoms with van der Waals surface area (Å²) in [7, 11) is 0.